The third kappa shape index (κ3) is 2.38. The molecule has 1 aromatic carbocycles. The molecule has 1 aromatic rings. The first-order chi connectivity index (χ1) is 8.75. The number of hydrogen-bond donors (Lipinski definition) is 2. The fourth-order valence-corrected chi connectivity index (χ4v) is 2.94. The van der Waals surface area contributed by atoms with Crippen LogP contribution in [0.3, 0.4) is 0 Å². The molecule has 0 bridgehead atoms. The third-order valence-corrected chi connectivity index (χ3v) is 4.14. The smallest absolute Gasteiger partial charge is 0.237 e. The molecule has 1 aliphatic heterocycles. The summed E-state index contributed by atoms with van der Waals surface area (Å²) in [6, 6.07) is 8.16. The van der Waals surface area contributed by atoms with Gasteiger partial charge in [0.25, 0.3) is 0 Å². The number of carbonyl (C=O) groups excluding carboxylic acids is 1. The van der Waals surface area contributed by atoms with Gasteiger partial charge in [-0.15, -0.1) is 0 Å². The van der Waals surface area contributed by atoms with Gasteiger partial charge in [-0.1, -0.05) is 29.8 Å². The number of hydrogen-bond acceptors (Lipinski definition) is 2. The van der Waals surface area contributed by atoms with Crippen molar-refractivity contribution in [2.45, 2.75) is 37.3 Å². The highest BCUT2D eigenvalue weighted by Gasteiger charge is 2.41. The molecular formula is C14H17ClN2O. The normalized spacial score (nSPS) is 30.2. The molecule has 2 N–H and O–H groups in total. The average Bonchev–Trinajstić information content (AvgIpc) is 2.92. The van der Waals surface area contributed by atoms with Gasteiger partial charge in [-0.25, -0.2) is 0 Å². The highest BCUT2D eigenvalue weighted by molar-refractivity contribution is 6.31. The van der Waals surface area contributed by atoms with E-state index in [1.54, 1.807) is 0 Å². The average molecular weight is 265 g/mol. The molecule has 0 radical (unpaired) electrons. The zero-order valence-corrected chi connectivity index (χ0v) is 10.9. The number of nitrogens with one attached hydrogen (secondary N) is 2. The minimum absolute atomic E-state index is 0.0116. The van der Waals surface area contributed by atoms with Crippen molar-refractivity contribution in [1.82, 2.24) is 10.6 Å². The molecule has 0 unspecified atom stereocenters. The van der Waals surface area contributed by atoms with Crippen LogP contribution in [-0.4, -0.2) is 24.5 Å². The molecule has 1 amide bonds. The lowest BCUT2D eigenvalue weighted by Gasteiger charge is -2.11. The summed E-state index contributed by atoms with van der Waals surface area (Å²) >= 11 is 6.16. The monoisotopic (exact) mass is 264 g/mol. The van der Waals surface area contributed by atoms with E-state index in [9.17, 15) is 4.79 Å². The lowest BCUT2D eigenvalue weighted by atomic mass is 10.1. The predicted molar refractivity (Wildman–Crippen MR) is 71.8 cm³/mol. The van der Waals surface area contributed by atoms with Gasteiger partial charge in [0.15, 0.2) is 0 Å². The minimum Gasteiger partial charge on any atom is -0.351 e. The SMILES string of the molecule is O=C(N[C@@H]1C[C@H]1c1ccccc1Cl)[C@@H]1CCCN1. The van der Waals surface area contributed by atoms with Gasteiger partial charge in [0.1, 0.15) is 0 Å². The summed E-state index contributed by atoms with van der Waals surface area (Å²) in [5.74, 6) is 0.538. The molecule has 3 rings (SSSR count). The van der Waals surface area contributed by atoms with Crippen LogP contribution in [0.25, 0.3) is 0 Å². The van der Waals surface area contributed by atoms with E-state index in [4.69, 9.17) is 11.6 Å². The van der Waals surface area contributed by atoms with Crippen LogP contribution in [0.4, 0.5) is 0 Å². The van der Waals surface area contributed by atoms with E-state index in [1.807, 2.05) is 24.3 Å². The number of halogens is 1. The lowest BCUT2D eigenvalue weighted by molar-refractivity contribution is -0.122. The van der Waals surface area contributed by atoms with Gasteiger partial charge in [0.05, 0.1) is 6.04 Å². The lowest BCUT2D eigenvalue weighted by Crippen LogP contribution is -2.41. The quantitative estimate of drug-likeness (QED) is 0.878. The Morgan fingerprint density at radius 2 is 2.22 bits per heavy atom. The molecule has 4 heteroatoms. The van der Waals surface area contributed by atoms with Gasteiger partial charge in [-0.2, -0.15) is 0 Å². The van der Waals surface area contributed by atoms with Crippen LogP contribution in [0.15, 0.2) is 24.3 Å². The fourth-order valence-electron chi connectivity index (χ4n) is 2.67. The van der Waals surface area contributed by atoms with E-state index < -0.39 is 0 Å². The zero-order valence-electron chi connectivity index (χ0n) is 10.2. The van der Waals surface area contributed by atoms with Crippen molar-refractivity contribution in [2.24, 2.45) is 0 Å². The molecule has 2 fully saturated rings. The maximum Gasteiger partial charge on any atom is 0.237 e. The molecule has 1 heterocycles. The summed E-state index contributed by atoms with van der Waals surface area (Å²) in [5.41, 5.74) is 1.16. The van der Waals surface area contributed by atoms with Crippen LogP contribution < -0.4 is 10.6 Å². The summed E-state index contributed by atoms with van der Waals surface area (Å²) in [4.78, 5) is 12.0. The Morgan fingerprint density at radius 1 is 1.39 bits per heavy atom. The van der Waals surface area contributed by atoms with Crippen molar-refractivity contribution in [1.29, 1.82) is 0 Å². The van der Waals surface area contributed by atoms with E-state index in [1.165, 1.54) is 0 Å². The molecule has 1 aliphatic carbocycles. The van der Waals surface area contributed by atoms with Gasteiger partial charge in [-0.3, -0.25) is 4.79 Å². The summed E-state index contributed by atoms with van der Waals surface area (Å²) in [6.07, 6.45) is 3.05. The van der Waals surface area contributed by atoms with Crippen molar-refractivity contribution >= 4 is 17.5 Å². The maximum absolute atomic E-state index is 12.0. The van der Waals surface area contributed by atoms with Gasteiger partial charge in [0, 0.05) is 17.0 Å². The Morgan fingerprint density at radius 3 is 2.94 bits per heavy atom. The predicted octanol–water partition coefficient (Wildman–Crippen LogP) is 2.06. The van der Waals surface area contributed by atoms with E-state index in [0.717, 1.165) is 36.4 Å². The molecule has 96 valence electrons. The molecule has 1 saturated heterocycles. The van der Waals surface area contributed by atoms with E-state index in [2.05, 4.69) is 10.6 Å². The molecule has 3 atom stereocenters. The molecule has 1 saturated carbocycles. The van der Waals surface area contributed by atoms with E-state index in [-0.39, 0.29) is 18.0 Å². The fraction of sp³-hybridized carbons (Fsp3) is 0.500. The van der Waals surface area contributed by atoms with Gasteiger partial charge in [-0.05, 0) is 37.4 Å². The van der Waals surface area contributed by atoms with Crippen LogP contribution in [0.5, 0.6) is 0 Å². The number of benzene rings is 1. The van der Waals surface area contributed by atoms with Crippen LogP contribution in [-0.2, 0) is 4.79 Å². The second kappa shape index (κ2) is 4.90. The minimum atomic E-state index is 0.0116. The second-order valence-electron chi connectivity index (χ2n) is 5.13. The largest absolute Gasteiger partial charge is 0.351 e. The molecule has 0 spiro atoms. The third-order valence-electron chi connectivity index (χ3n) is 3.80. The highest BCUT2D eigenvalue weighted by atomic mass is 35.5. The number of amides is 1. The Bertz CT molecular complexity index is 457. The summed E-state index contributed by atoms with van der Waals surface area (Å²) in [6.45, 7) is 0.955. The van der Waals surface area contributed by atoms with Gasteiger partial charge < -0.3 is 10.6 Å². The Hall–Kier alpha value is -1.06. The Balaban J connectivity index is 1.58. The summed E-state index contributed by atoms with van der Waals surface area (Å²) < 4.78 is 0. The first-order valence-electron chi connectivity index (χ1n) is 6.54. The van der Waals surface area contributed by atoms with Crippen molar-refractivity contribution in [3.8, 4) is 0 Å². The molecule has 0 aromatic heterocycles. The Kier molecular flexibility index (Phi) is 3.27. The van der Waals surface area contributed by atoms with Crippen molar-refractivity contribution < 1.29 is 4.79 Å². The first kappa shape index (κ1) is 12.0. The van der Waals surface area contributed by atoms with E-state index >= 15 is 0 Å². The van der Waals surface area contributed by atoms with Crippen molar-refractivity contribution in [2.75, 3.05) is 6.54 Å². The molecule has 18 heavy (non-hydrogen) atoms. The molecule has 3 nitrogen and oxygen atoms in total. The Labute approximate surface area is 112 Å². The van der Waals surface area contributed by atoms with Crippen LogP contribution in [0.1, 0.15) is 30.7 Å². The maximum atomic E-state index is 12.0. The number of rotatable bonds is 3. The van der Waals surface area contributed by atoms with Crippen LogP contribution in [0, 0.1) is 0 Å². The summed E-state index contributed by atoms with van der Waals surface area (Å²) in [5, 5.41) is 7.13. The van der Waals surface area contributed by atoms with Gasteiger partial charge >= 0.3 is 0 Å². The second-order valence-corrected chi connectivity index (χ2v) is 5.53. The molecular weight excluding hydrogens is 248 g/mol. The topological polar surface area (TPSA) is 41.1 Å². The van der Waals surface area contributed by atoms with Crippen molar-refractivity contribution in [3.63, 3.8) is 0 Å². The number of carbonyl (C=O) groups is 1. The first-order valence-corrected chi connectivity index (χ1v) is 6.91. The highest BCUT2D eigenvalue weighted by Crippen LogP contribution is 2.43. The standard InChI is InChI=1S/C14H17ClN2O/c15-11-5-2-1-4-9(11)10-8-13(10)17-14(18)12-6-3-7-16-12/h1-2,4-5,10,12-13,16H,3,6-8H2,(H,17,18)/t10-,12-,13+/m0/s1. The van der Waals surface area contributed by atoms with Crippen molar-refractivity contribution in [3.05, 3.63) is 34.9 Å². The molecule has 2 aliphatic rings. The van der Waals surface area contributed by atoms with Gasteiger partial charge in [0.2, 0.25) is 5.91 Å². The van der Waals surface area contributed by atoms with E-state index in [0.29, 0.717) is 5.92 Å². The van der Waals surface area contributed by atoms with Crippen LogP contribution in [0.2, 0.25) is 5.02 Å². The van der Waals surface area contributed by atoms with Crippen LogP contribution >= 0.6 is 11.6 Å². The zero-order chi connectivity index (χ0) is 12.5. The summed E-state index contributed by atoms with van der Waals surface area (Å²) in [7, 11) is 0.